The number of hydrogen-bond acceptors (Lipinski definition) is 7. The highest BCUT2D eigenvalue weighted by atomic mass is 32.2. The Labute approximate surface area is 169 Å². The second-order valence-electron chi connectivity index (χ2n) is 5.89. The lowest BCUT2D eigenvalue weighted by molar-refractivity contribution is -0.384. The molecule has 0 aromatic heterocycles. The maximum Gasteiger partial charge on any atom is 0.294 e. The predicted molar refractivity (Wildman–Crippen MR) is 107 cm³/mol. The minimum Gasteiger partial charge on any atom is -0.497 e. The van der Waals surface area contributed by atoms with Crippen LogP contribution in [-0.2, 0) is 9.59 Å². The fourth-order valence-electron chi connectivity index (χ4n) is 2.50. The van der Waals surface area contributed by atoms with Gasteiger partial charge in [0.05, 0.1) is 16.9 Å². The van der Waals surface area contributed by atoms with Crippen LogP contribution in [0.25, 0.3) is 6.08 Å². The van der Waals surface area contributed by atoms with E-state index in [2.05, 4.69) is 5.32 Å². The molecule has 3 amide bonds. The van der Waals surface area contributed by atoms with Crippen molar-refractivity contribution in [1.29, 1.82) is 0 Å². The molecule has 9 nitrogen and oxygen atoms in total. The average molecular weight is 413 g/mol. The van der Waals surface area contributed by atoms with Crippen LogP contribution >= 0.6 is 11.8 Å². The fourth-order valence-corrected chi connectivity index (χ4v) is 3.34. The molecule has 0 unspecified atom stereocenters. The summed E-state index contributed by atoms with van der Waals surface area (Å²) >= 11 is 0.752. The minimum absolute atomic E-state index is 0.113. The van der Waals surface area contributed by atoms with Gasteiger partial charge >= 0.3 is 0 Å². The Kier molecular flexibility index (Phi) is 5.93. The molecule has 0 saturated carbocycles. The largest absolute Gasteiger partial charge is 0.497 e. The lowest BCUT2D eigenvalue weighted by Gasteiger charge is -2.12. The van der Waals surface area contributed by atoms with Crippen molar-refractivity contribution in [2.75, 3.05) is 19.0 Å². The molecule has 2 aromatic carbocycles. The third-order valence-corrected chi connectivity index (χ3v) is 4.86. The molecule has 1 fully saturated rings. The fraction of sp³-hybridized carbons (Fsp3) is 0.105. The number of benzene rings is 2. The van der Waals surface area contributed by atoms with Gasteiger partial charge in [0.1, 0.15) is 12.3 Å². The van der Waals surface area contributed by atoms with Crippen molar-refractivity contribution in [1.82, 2.24) is 4.90 Å². The van der Waals surface area contributed by atoms with Gasteiger partial charge in [0.2, 0.25) is 5.91 Å². The molecule has 0 bridgehead atoms. The van der Waals surface area contributed by atoms with Gasteiger partial charge < -0.3 is 10.1 Å². The standard InChI is InChI=1S/C19H15N3O6S/c1-28-15-8-2-12(3-9-15)10-16-18(24)21(19(25)29-16)11-17(23)20-13-4-6-14(7-5-13)22(26)27/h2-10H,11H2,1H3,(H,20,23)/b16-10-. The van der Waals surface area contributed by atoms with Gasteiger partial charge in [-0.1, -0.05) is 12.1 Å². The molecule has 1 aliphatic rings. The van der Waals surface area contributed by atoms with Crippen LogP contribution in [0.4, 0.5) is 16.2 Å². The van der Waals surface area contributed by atoms with E-state index in [0.717, 1.165) is 16.7 Å². The number of nitro groups is 1. The number of anilines is 1. The number of carbonyl (C=O) groups excluding carboxylic acids is 3. The first kappa shape index (κ1) is 20.1. The lowest BCUT2D eigenvalue weighted by atomic mass is 10.2. The first-order valence-electron chi connectivity index (χ1n) is 8.31. The highest BCUT2D eigenvalue weighted by Crippen LogP contribution is 2.32. The van der Waals surface area contributed by atoms with Crippen molar-refractivity contribution in [3.63, 3.8) is 0 Å². The second kappa shape index (κ2) is 8.57. The zero-order valence-corrected chi connectivity index (χ0v) is 16.0. The first-order chi connectivity index (χ1) is 13.9. The van der Waals surface area contributed by atoms with Crippen LogP contribution in [0, 0.1) is 10.1 Å². The Morgan fingerprint density at radius 3 is 2.41 bits per heavy atom. The maximum atomic E-state index is 12.5. The van der Waals surface area contributed by atoms with E-state index in [1.807, 2.05) is 0 Å². The number of carbonyl (C=O) groups is 3. The van der Waals surface area contributed by atoms with E-state index in [9.17, 15) is 24.5 Å². The van der Waals surface area contributed by atoms with E-state index in [1.54, 1.807) is 37.5 Å². The van der Waals surface area contributed by atoms with Crippen LogP contribution in [-0.4, -0.2) is 40.5 Å². The molecule has 148 valence electrons. The number of non-ortho nitro benzene ring substituents is 1. The topological polar surface area (TPSA) is 119 Å². The van der Waals surface area contributed by atoms with Crippen LogP contribution in [0.2, 0.25) is 0 Å². The van der Waals surface area contributed by atoms with Crippen molar-refractivity contribution in [2.45, 2.75) is 0 Å². The first-order valence-corrected chi connectivity index (χ1v) is 9.13. The number of amides is 3. The maximum absolute atomic E-state index is 12.5. The Morgan fingerprint density at radius 2 is 1.83 bits per heavy atom. The van der Waals surface area contributed by atoms with Gasteiger partial charge in [-0.3, -0.25) is 29.4 Å². The number of imide groups is 1. The molecule has 0 atom stereocenters. The molecule has 1 heterocycles. The number of nitro benzene ring substituents is 1. The monoisotopic (exact) mass is 413 g/mol. The van der Waals surface area contributed by atoms with Gasteiger partial charge in [-0.15, -0.1) is 0 Å². The molecule has 1 saturated heterocycles. The number of nitrogens with one attached hydrogen (secondary N) is 1. The average Bonchev–Trinajstić information content (AvgIpc) is 2.96. The summed E-state index contributed by atoms with van der Waals surface area (Å²) in [4.78, 5) is 48.0. The van der Waals surface area contributed by atoms with Gasteiger partial charge in [-0.05, 0) is 47.7 Å². The summed E-state index contributed by atoms with van der Waals surface area (Å²) in [6.07, 6.45) is 1.57. The smallest absolute Gasteiger partial charge is 0.294 e. The molecule has 0 aliphatic carbocycles. The zero-order valence-electron chi connectivity index (χ0n) is 15.2. The van der Waals surface area contributed by atoms with Gasteiger partial charge in [-0.25, -0.2) is 0 Å². The summed E-state index contributed by atoms with van der Waals surface area (Å²) in [5, 5.41) is 12.6. The molecule has 0 radical (unpaired) electrons. The third-order valence-electron chi connectivity index (χ3n) is 3.95. The van der Waals surface area contributed by atoms with Gasteiger partial charge in [0.25, 0.3) is 16.8 Å². The van der Waals surface area contributed by atoms with Crippen LogP contribution in [0.1, 0.15) is 5.56 Å². The molecule has 10 heteroatoms. The summed E-state index contributed by atoms with van der Waals surface area (Å²) in [6, 6.07) is 12.2. The van der Waals surface area contributed by atoms with Crippen molar-refractivity contribution < 1.29 is 24.0 Å². The van der Waals surface area contributed by atoms with Gasteiger partial charge in [0.15, 0.2) is 0 Å². The quantitative estimate of drug-likeness (QED) is 0.438. The van der Waals surface area contributed by atoms with E-state index in [1.165, 1.54) is 24.3 Å². The number of methoxy groups -OCH3 is 1. The zero-order chi connectivity index (χ0) is 21.0. The third kappa shape index (κ3) is 4.79. The van der Waals surface area contributed by atoms with Crippen LogP contribution < -0.4 is 10.1 Å². The predicted octanol–water partition coefficient (Wildman–Crippen LogP) is 3.28. The van der Waals surface area contributed by atoms with Crippen LogP contribution in [0.3, 0.4) is 0 Å². The van der Waals surface area contributed by atoms with E-state index in [4.69, 9.17) is 4.74 Å². The summed E-state index contributed by atoms with van der Waals surface area (Å²) in [6.45, 7) is -0.457. The van der Waals surface area contributed by atoms with E-state index >= 15 is 0 Å². The molecule has 1 N–H and O–H groups in total. The Balaban J connectivity index is 1.65. The van der Waals surface area contributed by atoms with Crippen LogP contribution in [0.15, 0.2) is 53.4 Å². The number of nitrogens with zero attached hydrogens (tertiary/aromatic N) is 2. The van der Waals surface area contributed by atoms with Crippen molar-refractivity contribution in [3.05, 3.63) is 69.1 Å². The van der Waals surface area contributed by atoms with Crippen molar-refractivity contribution >= 4 is 46.3 Å². The molecule has 2 aromatic rings. The summed E-state index contributed by atoms with van der Waals surface area (Å²) in [5.74, 6) is -0.486. The Bertz CT molecular complexity index is 1000. The molecule has 3 rings (SSSR count). The second-order valence-corrected chi connectivity index (χ2v) is 6.89. The summed E-state index contributed by atoms with van der Waals surface area (Å²) in [5.41, 5.74) is 0.922. The minimum atomic E-state index is -0.591. The van der Waals surface area contributed by atoms with E-state index in [-0.39, 0.29) is 10.6 Å². The van der Waals surface area contributed by atoms with E-state index in [0.29, 0.717) is 17.0 Å². The molecular formula is C19H15N3O6S. The van der Waals surface area contributed by atoms with Crippen molar-refractivity contribution in [2.24, 2.45) is 0 Å². The number of hydrogen-bond donors (Lipinski definition) is 1. The lowest BCUT2D eigenvalue weighted by Crippen LogP contribution is -2.36. The molecule has 29 heavy (non-hydrogen) atoms. The number of rotatable bonds is 6. The normalized spacial score (nSPS) is 14.9. The SMILES string of the molecule is COc1ccc(/C=C2\SC(=O)N(CC(=O)Nc3ccc([N+](=O)[O-])cc3)C2=O)cc1. The highest BCUT2D eigenvalue weighted by molar-refractivity contribution is 8.18. The van der Waals surface area contributed by atoms with Crippen molar-refractivity contribution in [3.8, 4) is 5.75 Å². The highest BCUT2D eigenvalue weighted by Gasteiger charge is 2.36. The molecule has 0 spiro atoms. The molecule has 1 aliphatic heterocycles. The summed E-state index contributed by atoms with van der Waals surface area (Å²) in [7, 11) is 1.54. The van der Waals surface area contributed by atoms with Gasteiger partial charge in [-0.2, -0.15) is 0 Å². The Hall–Kier alpha value is -3.66. The van der Waals surface area contributed by atoms with Crippen LogP contribution in [0.5, 0.6) is 5.75 Å². The van der Waals surface area contributed by atoms with Gasteiger partial charge in [0, 0.05) is 17.8 Å². The van der Waals surface area contributed by atoms with E-state index < -0.39 is 28.5 Å². The number of ether oxygens (including phenoxy) is 1. The Morgan fingerprint density at radius 1 is 1.17 bits per heavy atom. The number of thioether (sulfide) groups is 1. The molecular weight excluding hydrogens is 398 g/mol. The summed E-state index contributed by atoms with van der Waals surface area (Å²) < 4.78 is 5.07.